The van der Waals surface area contributed by atoms with Gasteiger partial charge in [-0.25, -0.2) is 0 Å². The highest BCUT2D eigenvalue weighted by molar-refractivity contribution is 7.10. The van der Waals surface area contributed by atoms with Crippen molar-refractivity contribution < 1.29 is 0 Å². The summed E-state index contributed by atoms with van der Waals surface area (Å²) in [6.07, 6.45) is 3.46. The molecule has 0 spiro atoms. The van der Waals surface area contributed by atoms with Gasteiger partial charge in [-0.05, 0) is 6.08 Å². The minimum Gasteiger partial charge on any atom is -0.370 e. The fourth-order valence-electron chi connectivity index (χ4n) is 0.619. The topological polar surface area (TPSA) is 37.8 Å². The first-order chi connectivity index (χ1) is 5.38. The number of rotatable bonds is 4. The van der Waals surface area contributed by atoms with Crippen LogP contribution in [-0.4, -0.2) is 16.1 Å². The summed E-state index contributed by atoms with van der Waals surface area (Å²) in [5, 5.41) is 7.88. The average molecular weight is 167 g/mol. The van der Waals surface area contributed by atoms with Crippen LogP contribution in [0.1, 0.15) is 5.69 Å². The Morgan fingerprint density at radius 3 is 3.00 bits per heavy atom. The molecule has 0 aliphatic heterocycles. The van der Waals surface area contributed by atoms with E-state index in [0.29, 0.717) is 0 Å². The first-order valence-electron chi connectivity index (χ1n) is 3.18. The molecular formula is C7H9N3S. The standard InChI is InChI=1S/C7H9N3S/c1-3-5-8-7-6(4-2)9-10-11-7/h3-4,8H,1-2,5H2. The Kier molecular flexibility index (Phi) is 2.80. The van der Waals surface area contributed by atoms with Crippen LogP contribution in [0.3, 0.4) is 0 Å². The highest BCUT2D eigenvalue weighted by Gasteiger charge is 2.00. The Morgan fingerprint density at radius 1 is 1.55 bits per heavy atom. The molecule has 0 aliphatic rings. The van der Waals surface area contributed by atoms with Crippen LogP contribution in [0.2, 0.25) is 0 Å². The second-order valence-corrected chi connectivity index (χ2v) is 2.62. The van der Waals surface area contributed by atoms with Gasteiger partial charge < -0.3 is 5.32 Å². The fourth-order valence-corrected chi connectivity index (χ4v) is 1.19. The van der Waals surface area contributed by atoms with E-state index in [0.717, 1.165) is 17.2 Å². The van der Waals surface area contributed by atoms with Crippen LogP contribution in [0.15, 0.2) is 19.2 Å². The van der Waals surface area contributed by atoms with E-state index in [2.05, 4.69) is 28.1 Å². The molecule has 0 aliphatic carbocycles. The first-order valence-corrected chi connectivity index (χ1v) is 3.95. The smallest absolute Gasteiger partial charge is 0.137 e. The van der Waals surface area contributed by atoms with Crippen molar-refractivity contribution in [3.63, 3.8) is 0 Å². The van der Waals surface area contributed by atoms with E-state index in [1.807, 2.05) is 0 Å². The van der Waals surface area contributed by atoms with E-state index in [-0.39, 0.29) is 0 Å². The van der Waals surface area contributed by atoms with Crippen molar-refractivity contribution >= 4 is 22.6 Å². The van der Waals surface area contributed by atoms with Crippen molar-refractivity contribution in [3.8, 4) is 0 Å². The lowest BCUT2D eigenvalue weighted by Crippen LogP contribution is -1.96. The third-order valence-corrected chi connectivity index (χ3v) is 1.81. The predicted molar refractivity (Wildman–Crippen MR) is 48.7 cm³/mol. The second kappa shape index (κ2) is 3.88. The fraction of sp³-hybridized carbons (Fsp3) is 0.143. The van der Waals surface area contributed by atoms with Crippen molar-refractivity contribution in [2.24, 2.45) is 0 Å². The van der Waals surface area contributed by atoms with E-state index in [1.54, 1.807) is 12.2 Å². The normalized spacial score (nSPS) is 9.09. The number of nitrogens with one attached hydrogen (secondary N) is 1. The van der Waals surface area contributed by atoms with Gasteiger partial charge in [0.15, 0.2) is 0 Å². The maximum absolute atomic E-state index is 3.84. The molecule has 4 heteroatoms. The highest BCUT2D eigenvalue weighted by Crippen LogP contribution is 2.17. The Bertz CT molecular complexity index is 254. The van der Waals surface area contributed by atoms with Gasteiger partial charge in [0.2, 0.25) is 0 Å². The predicted octanol–water partition coefficient (Wildman–Crippen LogP) is 1.78. The van der Waals surface area contributed by atoms with Gasteiger partial charge in [0.1, 0.15) is 10.7 Å². The molecular weight excluding hydrogens is 158 g/mol. The van der Waals surface area contributed by atoms with Crippen LogP contribution >= 0.6 is 11.5 Å². The summed E-state index contributed by atoms with van der Waals surface area (Å²) >= 11 is 1.32. The molecule has 0 fully saturated rings. The molecule has 0 saturated heterocycles. The van der Waals surface area contributed by atoms with Crippen molar-refractivity contribution in [1.29, 1.82) is 0 Å². The number of hydrogen-bond donors (Lipinski definition) is 1. The molecule has 3 nitrogen and oxygen atoms in total. The molecule has 1 aromatic rings. The molecule has 1 rings (SSSR count). The van der Waals surface area contributed by atoms with Crippen LogP contribution in [0.5, 0.6) is 0 Å². The van der Waals surface area contributed by atoms with Crippen LogP contribution in [0, 0.1) is 0 Å². The summed E-state index contributed by atoms with van der Waals surface area (Å²) in [5.74, 6) is 0. The van der Waals surface area contributed by atoms with Gasteiger partial charge in [-0.3, -0.25) is 0 Å². The summed E-state index contributed by atoms with van der Waals surface area (Å²) in [4.78, 5) is 0. The third kappa shape index (κ3) is 1.88. The lowest BCUT2D eigenvalue weighted by Gasteiger charge is -1.96. The highest BCUT2D eigenvalue weighted by atomic mass is 32.1. The zero-order valence-corrected chi connectivity index (χ0v) is 6.90. The zero-order valence-electron chi connectivity index (χ0n) is 6.08. The minimum absolute atomic E-state index is 0.727. The third-order valence-electron chi connectivity index (χ3n) is 1.11. The molecule has 11 heavy (non-hydrogen) atoms. The van der Waals surface area contributed by atoms with E-state index in [1.165, 1.54) is 11.5 Å². The minimum atomic E-state index is 0.727. The summed E-state index contributed by atoms with van der Waals surface area (Å²) < 4.78 is 3.77. The Balaban J connectivity index is 2.67. The van der Waals surface area contributed by atoms with Gasteiger partial charge >= 0.3 is 0 Å². The molecule has 0 aromatic carbocycles. The number of hydrogen-bond acceptors (Lipinski definition) is 4. The van der Waals surface area contributed by atoms with Gasteiger partial charge in [-0.1, -0.05) is 17.1 Å². The molecule has 0 bridgehead atoms. The van der Waals surface area contributed by atoms with Crippen LogP contribution in [0.25, 0.3) is 6.08 Å². The average Bonchev–Trinajstić information content (AvgIpc) is 2.47. The maximum atomic E-state index is 3.84. The van der Waals surface area contributed by atoms with Crippen LogP contribution in [-0.2, 0) is 0 Å². The van der Waals surface area contributed by atoms with Gasteiger partial charge in [-0.2, -0.15) is 0 Å². The SMILES string of the molecule is C=CCNc1snnc1C=C. The molecule has 0 unspecified atom stereocenters. The summed E-state index contributed by atoms with van der Waals surface area (Å²) in [5.41, 5.74) is 0.803. The Morgan fingerprint density at radius 2 is 2.36 bits per heavy atom. The zero-order chi connectivity index (χ0) is 8.10. The van der Waals surface area contributed by atoms with Crippen molar-refractivity contribution in [2.45, 2.75) is 0 Å². The lowest BCUT2D eigenvalue weighted by molar-refractivity contribution is 1.14. The van der Waals surface area contributed by atoms with Crippen LogP contribution < -0.4 is 5.32 Å². The van der Waals surface area contributed by atoms with E-state index in [9.17, 15) is 0 Å². The van der Waals surface area contributed by atoms with E-state index >= 15 is 0 Å². The molecule has 1 heterocycles. The lowest BCUT2D eigenvalue weighted by atomic mass is 10.4. The summed E-state index contributed by atoms with van der Waals surface area (Å²) in [7, 11) is 0. The number of anilines is 1. The molecule has 1 aromatic heterocycles. The van der Waals surface area contributed by atoms with Gasteiger partial charge in [-0.15, -0.1) is 11.7 Å². The quantitative estimate of drug-likeness (QED) is 0.694. The largest absolute Gasteiger partial charge is 0.370 e. The molecule has 0 saturated carbocycles. The Labute approximate surface area is 69.6 Å². The van der Waals surface area contributed by atoms with Crippen molar-refractivity contribution in [2.75, 3.05) is 11.9 Å². The van der Waals surface area contributed by atoms with Crippen molar-refractivity contribution in [1.82, 2.24) is 9.59 Å². The molecule has 58 valence electrons. The first kappa shape index (κ1) is 7.94. The monoisotopic (exact) mass is 167 g/mol. The summed E-state index contributed by atoms with van der Waals surface area (Å²) in [6, 6.07) is 0. The second-order valence-electron chi connectivity index (χ2n) is 1.86. The number of nitrogens with zero attached hydrogens (tertiary/aromatic N) is 2. The number of aromatic nitrogens is 2. The maximum Gasteiger partial charge on any atom is 0.137 e. The molecule has 1 N–H and O–H groups in total. The van der Waals surface area contributed by atoms with E-state index < -0.39 is 0 Å². The molecule has 0 amide bonds. The van der Waals surface area contributed by atoms with Gasteiger partial charge in [0.05, 0.1) is 0 Å². The van der Waals surface area contributed by atoms with E-state index in [4.69, 9.17) is 0 Å². The van der Waals surface area contributed by atoms with Gasteiger partial charge in [0, 0.05) is 18.1 Å². The Hall–Kier alpha value is -1.16. The van der Waals surface area contributed by atoms with Gasteiger partial charge in [0.25, 0.3) is 0 Å². The molecule has 0 atom stereocenters. The van der Waals surface area contributed by atoms with Crippen molar-refractivity contribution in [3.05, 3.63) is 24.9 Å². The summed E-state index contributed by atoms with van der Waals surface area (Å²) in [6.45, 7) is 7.93. The van der Waals surface area contributed by atoms with Crippen LogP contribution in [0.4, 0.5) is 5.00 Å². The molecule has 0 radical (unpaired) electrons.